The Morgan fingerprint density at radius 1 is 1.27 bits per heavy atom. The molecular weight excluding hydrogens is 206 g/mol. The van der Waals surface area contributed by atoms with Crippen LogP contribution in [0.4, 0.5) is 0 Å². The molecule has 1 aliphatic carbocycles. The van der Waals surface area contributed by atoms with Gasteiger partial charge in [0.15, 0.2) is 0 Å². The zero-order valence-electron chi connectivity index (χ0n) is 9.91. The lowest BCUT2D eigenvalue weighted by Gasteiger charge is -2.14. The fourth-order valence-electron chi connectivity index (χ4n) is 2.32. The second kappa shape index (κ2) is 7.39. The number of rotatable bonds is 7. The second-order valence-corrected chi connectivity index (χ2v) is 6.39. The first kappa shape index (κ1) is 13.2. The van der Waals surface area contributed by atoms with Crippen LogP contribution in [0.1, 0.15) is 51.9 Å². The van der Waals surface area contributed by atoms with Gasteiger partial charge in [0, 0.05) is 28.3 Å². The molecule has 15 heavy (non-hydrogen) atoms. The van der Waals surface area contributed by atoms with Crippen LogP contribution in [-0.2, 0) is 10.8 Å². The molecule has 1 fully saturated rings. The van der Waals surface area contributed by atoms with Crippen LogP contribution in [0.25, 0.3) is 0 Å². The molecule has 0 bridgehead atoms. The van der Waals surface area contributed by atoms with Crippen molar-refractivity contribution in [2.24, 2.45) is 11.7 Å². The van der Waals surface area contributed by atoms with Crippen molar-refractivity contribution < 1.29 is 4.21 Å². The third-order valence-corrected chi connectivity index (χ3v) is 4.84. The van der Waals surface area contributed by atoms with Crippen LogP contribution in [0.3, 0.4) is 0 Å². The van der Waals surface area contributed by atoms with Gasteiger partial charge in [0.05, 0.1) is 0 Å². The van der Waals surface area contributed by atoms with Gasteiger partial charge in [-0.05, 0) is 31.6 Å². The number of nitrogens with two attached hydrogens (primary N) is 1. The molecular formula is C12H25NOS. The number of unbranched alkanes of at least 4 members (excludes halogenated alkanes) is 2. The monoisotopic (exact) mass is 231 g/mol. The zero-order valence-corrected chi connectivity index (χ0v) is 10.7. The minimum atomic E-state index is -0.588. The van der Waals surface area contributed by atoms with E-state index in [2.05, 4.69) is 6.92 Å². The van der Waals surface area contributed by atoms with Gasteiger partial charge in [-0.3, -0.25) is 4.21 Å². The SMILES string of the molecule is CCCCCS(=O)CCC1CCCC1N. The van der Waals surface area contributed by atoms with Crippen molar-refractivity contribution in [2.45, 2.75) is 57.9 Å². The molecule has 0 heterocycles. The van der Waals surface area contributed by atoms with E-state index in [9.17, 15) is 4.21 Å². The summed E-state index contributed by atoms with van der Waals surface area (Å²) in [5, 5.41) is 0. The normalized spacial score (nSPS) is 28.1. The molecule has 3 unspecified atom stereocenters. The van der Waals surface area contributed by atoms with Gasteiger partial charge >= 0.3 is 0 Å². The van der Waals surface area contributed by atoms with E-state index >= 15 is 0 Å². The van der Waals surface area contributed by atoms with Gasteiger partial charge in [-0.15, -0.1) is 0 Å². The van der Waals surface area contributed by atoms with Crippen LogP contribution in [0.2, 0.25) is 0 Å². The van der Waals surface area contributed by atoms with E-state index in [1.807, 2.05) is 0 Å². The summed E-state index contributed by atoms with van der Waals surface area (Å²) in [4.78, 5) is 0. The van der Waals surface area contributed by atoms with Gasteiger partial charge in [-0.2, -0.15) is 0 Å². The summed E-state index contributed by atoms with van der Waals surface area (Å²) in [6.45, 7) is 2.18. The molecule has 0 aromatic rings. The van der Waals surface area contributed by atoms with E-state index in [0.717, 1.165) is 24.3 Å². The Morgan fingerprint density at radius 3 is 2.67 bits per heavy atom. The van der Waals surface area contributed by atoms with Crippen molar-refractivity contribution in [3.63, 3.8) is 0 Å². The fourth-order valence-corrected chi connectivity index (χ4v) is 3.62. The van der Waals surface area contributed by atoms with E-state index < -0.39 is 10.8 Å². The Labute approximate surface area is 96.5 Å². The van der Waals surface area contributed by atoms with E-state index in [-0.39, 0.29) is 0 Å². The van der Waals surface area contributed by atoms with E-state index in [0.29, 0.717) is 12.0 Å². The molecule has 0 aliphatic heterocycles. The second-order valence-electron chi connectivity index (χ2n) is 4.70. The lowest BCUT2D eigenvalue weighted by Crippen LogP contribution is -2.25. The maximum atomic E-state index is 11.7. The van der Waals surface area contributed by atoms with E-state index in [4.69, 9.17) is 5.73 Å². The van der Waals surface area contributed by atoms with E-state index in [1.54, 1.807) is 0 Å². The standard InChI is InChI=1S/C12H25NOS/c1-2-3-4-9-15(14)10-8-11-6-5-7-12(11)13/h11-12H,2-10,13H2,1H3. The molecule has 0 spiro atoms. The third kappa shape index (κ3) is 5.12. The average molecular weight is 231 g/mol. The maximum Gasteiger partial charge on any atom is 0.0238 e. The molecule has 90 valence electrons. The van der Waals surface area contributed by atoms with Crippen molar-refractivity contribution in [2.75, 3.05) is 11.5 Å². The van der Waals surface area contributed by atoms with Crippen LogP contribution >= 0.6 is 0 Å². The Hall–Kier alpha value is 0.110. The smallest absolute Gasteiger partial charge is 0.0238 e. The van der Waals surface area contributed by atoms with E-state index in [1.165, 1.54) is 32.1 Å². The van der Waals surface area contributed by atoms with Gasteiger partial charge in [0.2, 0.25) is 0 Å². The van der Waals surface area contributed by atoms with Crippen LogP contribution < -0.4 is 5.73 Å². The summed E-state index contributed by atoms with van der Waals surface area (Å²) in [5.41, 5.74) is 5.99. The molecule has 1 aliphatic rings. The largest absolute Gasteiger partial charge is 0.327 e. The highest BCUT2D eigenvalue weighted by atomic mass is 32.2. The molecule has 1 saturated carbocycles. The highest BCUT2D eigenvalue weighted by Gasteiger charge is 2.23. The van der Waals surface area contributed by atoms with Crippen LogP contribution in [0, 0.1) is 5.92 Å². The molecule has 0 aromatic carbocycles. The molecule has 0 radical (unpaired) electrons. The summed E-state index contributed by atoms with van der Waals surface area (Å²) in [6.07, 6.45) is 8.34. The van der Waals surface area contributed by atoms with Crippen LogP contribution in [-0.4, -0.2) is 21.8 Å². The molecule has 0 aromatic heterocycles. The third-order valence-electron chi connectivity index (χ3n) is 3.41. The predicted molar refractivity (Wildman–Crippen MR) is 67.3 cm³/mol. The minimum Gasteiger partial charge on any atom is -0.327 e. The summed E-state index contributed by atoms with van der Waals surface area (Å²) in [6, 6.07) is 0.387. The number of hydrogen-bond acceptors (Lipinski definition) is 2. The van der Waals surface area contributed by atoms with Crippen LogP contribution in [0.5, 0.6) is 0 Å². The summed E-state index contributed by atoms with van der Waals surface area (Å²) < 4.78 is 11.7. The van der Waals surface area contributed by atoms with Crippen molar-refractivity contribution in [1.82, 2.24) is 0 Å². The molecule has 2 N–H and O–H groups in total. The average Bonchev–Trinajstić information content (AvgIpc) is 2.61. The first-order valence-electron chi connectivity index (χ1n) is 6.34. The lowest BCUT2D eigenvalue weighted by atomic mass is 10.0. The van der Waals surface area contributed by atoms with Crippen molar-refractivity contribution in [3.8, 4) is 0 Å². The summed E-state index contributed by atoms with van der Waals surface area (Å²) in [5.74, 6) is 2.43. The maximum absolute atomic E-state index is 11.7. The molecule has 1 rings (SSSR count). The summed E-state index contributed by atoms with van der Waals surface area (Å²) >= 11 is 0. The van der Waals surface area contributed by atoms with Crippen molar-refractivity contribution in [1.29, 1.82) is 0 Å². The highest BCUT2D eigenvalue weighted by Crippen LogP contribution is 2.26. The van der Waals surface area contributed by atoms with Gasteiger partial charge in [-0.1, -0.05) is 26.2 Å². The zero-order chi connectivity index (χ0) is 11.1. The predicted octanol–water partition coefficient (Wildman–Crippen LogP) is 2.44. The van der Waals surface area contributed by atoms with Crippen LogP contribution in [0.15, 0.2) is 0 Å². The molecule has 2 nitrogen and oxygen atoms in total. The van der Waals surface area contributed by atoms with Gasteiger partial charge in [0.25, 0.3) is 0 Å². The fraction of sp³-hybridized carbons (Fsp3) is 1.00. The summed E-state index contributed by atoms with van der Waals surface area (Å²) in [7, 11) is -0.588. The van der Waals surface area contributed by atoms with Crippen molar-refractivity contribution in [3.05, 3.63) is 0 Å². The Kier molecular flexibility index (Phi) is 6.50. The Balaban J connectivity index is 2.05. The molecule has 3 atom stereocenters. The quantitative estimate of drug-likeness (QED) is 0.684. The first-order valence-corrected chi connectivity index (χ1v) is 7.83. The number of hydrogen-bond donors (Lipinski definition) is 1. The highest BCUT2D eigenvalue weighted by molar-refractivity contribution is 7.84. The minimum absolute atomic E-state index is 0.387. The molecule has 3 heteroatoms. The molecule has 0 saturated heterocycles. The van der Waals surface area contributed by atoms with Gasteiger partial charge in [0.1, 0.15) is 0 Å². The lowest BCUT2D eigenvalue weighted by molar-refractivity contribution is 0.468. The van der Waals surface area contributed by atoms with Gasteiger partial charge < -0.3 is 5.73 Å². The first-order chi connectivity index (χ1) is 7.24. The Morgan fingerprint density at radius 2 is 2.07 bits per heavy atom. The Bertz CT molecular complexity index is 196. The van der Waals surface area contributed by atoms with Crippen molar-refractivity contribution >= 4 is 10.8 Å². The molecule has 0 amide bonds. The topological polar surface area (TPSA) is 43.1 Å². The van der Waals surface area contributed by atoms with Gasteiger partial charge in [-0.25, -0.2) is 0 Å².